The first kappa shape index (κ1) is 14.0. The van der Waals surface area contributed by atoms with Crippen LogP contribution in [0.2, 0.25) is 5.02 Å². The molecule has 1 aromatic rings. The number of ether oxygens (including phenoxy) is 1. The third kappa shape index (κ3) is 3.77. The van der Waals surface area contributed by atoms with Crippen LogP contribution in [0, 0.1) is 0 Å². The van der Waals surface area contributed by atoms with Crippen molar-refractivity contribution in [2.75, 3.05) is 11.9 Å². The van der Waals surface area contributed by atoms with Crippen LogP contribution < -0.4 is 10.6 Å². The molecule has 0 unspecified atom stereocenters. The lowest BCUT2D eigenvalue weighted by molar-refractivity contribution is 0.0501. The number of hydrogen-bond acceptors (Lipinski definition) is 3. The van der Waals surface area contributed by atoms with E-state index in [1.165, 1.54) is 0 Å². The molecule has 1 aliphatic rings. The van der Waals surface area contributed by atoms with E-state index in [2.05, 4.69) is 10.6 Å². The van der Waals surface area contributed by atoms with Gasteiger partial charge in [-0.1, -0.05) is 17.7 Å². The Bertz CT molecular complexity index is 483. The highest BCUT2D eigenvalue weighted by Gasteiger charge is 2.24. The first-order chi connectivity index (χ1) is 8.85. The largest absolute Gasteiger partial charge is 0.444 e. The molecule has 0 saturated carbocycles. The van der Waals surface area contributed by atoms with E-state index in [1.54, 1.807) is 0 Å². The average Bonchev–Trinajstić information content (AvgIpc) is 2.26. The van der Waals surface area contributed by atoms with Gasteiger partial charge in [-0.05, 0) is 44.9 Å². The van der Waals surface area contributed by atoms with E-state index in [9.17, 15) is 4.79 Å². The fraction of sp³-hybridized carbons (Fsp3) is 0.500. The standard InChI is InChI=1S/C14H19ClN2O2/c1-14(2,3)19-13(18)17-11-6-7-16-12-8-9(15)4-5-10(11)12/h4-5,8,11,16H,6-7H2,1-3H3,(H,17,18)/t11-/m0/s1. The Morgan fingerprint density at radius 1 is 1.47 bits per heavy atom. The summed E-state index contributed by atoms with van der Waals surface area (Å²) >= 11 is 5.97. The fourth-order valence-electron chi connectivity index (χ4n) is 2.09. The first-order valence-corrected chi connectivity index (χ1v) is 6.76. The van der Waals surface area contributed by atoms with Gasteiger partial charge in [0.1, 0.15) is 5.60 Å². The molecule has 0 fully saturated rings. The Labute approximate surface area is 118 Å². The van der Waals surface area contributed by atoms with Crippen molar-refractivity contribution in [3.8, 4) is 0 Å². The predicted molar refractivity (Wildman–Crippen MR) is 76.7 cm³/mol. The van der Waals surface area contributed by atoms with Gasteiger partial charge in [0.25, 0.3) is 0 Å². The molecule has 1 aromatic carbocycles. The average molecular weight is 283 g/mol. The SMILES string of the molecule is CC(C)(C)OC(=O)N[C@H]1CCNc2cc(Cl)ccc21. The van der Waals surface area contributed by atoms with Crippen molar-refractivity contribution < 1.29 is 9.53 Å². The number of fused-ring (bicyclic) bond motifs is 1. The van der Waals surface area contributed by atoms with Gasteiger partial charge in [0.05, 0.1) is 6.04 Å². The van der Waals surface area contributed by atoms with Gasteiger partial charge in [-0.15, -0.1) is 0 Å². The summed E-state index contributed by atoms with van der Waals surface area (Å²) < 4.78 is 5.28. The van der Waals surface area contributed by atoms with Gasteiger partial charge >= 0.3 is 6.09 Å². The van der Waals surface area contributed by atoms with Crippen molar-refractivity contribution in [3.63, 3.8) is 0 Å². The lowest BCUT2D eigenvalue weighted by Gasteiger charge is -2.29. The maximum Gasteiger partial charge on any atom is 0.408 e. The molecule has 0 spiro atoms. The fourth-order valence-corrected chi connectivity index (χ4v) is 2.26. The number of amides is 1. The maximum absolute atomic E-state index is 11.8. The second kappa shape index (κ2) is 5.29. The lowest BCUT2D eigenvalue weighted by atomic mass is 9.98. The van der Waals surface area contributed by atoms with Crippen LogP contribution in [0.4, 0.5) is 10.5 Å². The molecule has 4 nitrogen and oxygen atoms in total. The topological polar surface area (TPSA) is 50.4 Å². The van der Waals surface area contributed by atoms with Crippen LogP contribution in [0.1, 0.15) is 38.8 Å². The zero-order valence-corrected chi connectivity index (χ0v) is 12.2. The summed E-state index contributed by atoms with van der Waals surface area (Å²) in [6.07, 6.45) is 0.439. The quantitative estimate of drug-likeness (QED) is 0.825. The molecule has 1 aliphatic heterocycles. The van der Waals surface area contributed by atoms with Gasteiger partial charge in [-0.25, -0.2) is 4.79 Å². The van der Waals surface area contributed by atoms with E-state index in [1.807, 2.05) is 39.0 Å². The third-order valence-electron chi connectivity index (χ3n) is 2.83. The number of carbonyl (C=O) groups is 1. The monoisotopic (exact) mass is 282 g/mol. The van der Waals surface area contributed by atoms with Crippen molar-refractivity contribution in [1.82, 2.24) is 5.32 Å². The van der Waals surface area contributed by atoms with E-state index in [4.69, 9.17) is 16.3 Å². The van der Waals surface area contributed by atoms with E-state index in [-0.39, 0.29) is 12.1 Å². The smallest absolute Gasteiger partial charge is 0.408 e. The molecule has 1 atom stereocenters. The van der Waals surface area contributed by atoms with Crippen LogP contribution in [0.5, 0.6) is 0 Å². The maximum atomic E-state index is 11.8. The summed E-state index contributed by atoms with van der Waals surface area (Å²) in [6.45, 7) is 6.35. The summed E-state index contributed by atoms with van der Waals surface area (Å²) in [5.74, 6) is 0. The number of carbonyl (C=O) groups excluding carboxylic acids is 1. The van der Waals surface area contributed by atoms with Crippen LogP contribution in [0.3, 0.4) is 0 Å². The van der Waals surface area contributed by atoms with Gasteiger partial charge in [0, 0.05) is 17.3 Å². The van der Waals surface area contributed by atoms with Gasteiger partial charge in [0.2, 0.25) is 0 Å². The summed E-state index contributed by atoms with van der Waals surface area (Å²) in [6, 6.07) is 5.60. The number of benzene rings is 1. The number of halogens is 1. The second-order valence-corrected chi connectivity index (χ2v) is 6.08. The minimum Gasteiger partial charge on any atom is -0.444 e. The molecule has 1 amide bonds. The summed E-state index contributed by atoms with van der Waals surface area (Å²) in [4.78, 5) is 11.8. The molecule has 0 saturated heterocycles. The van der Waals surface area contributed by atoms with Gasteiger partial charge in [-0.2, -0.15) is 0 Å². The number of rotatable bonds is 1. The number of anilines is 1. The molecule has 0 aromatic heterocycles. The van der Waals surface area contributed by atoms with Crippen LogP contribution in [0.15, 0.2) is 18.2 Å². The molecule has 0 aliphatic carbocycles. The highest BCUT2D eigenvalue weighted by Crippen LogP contribution is 2.32. The van der Waals surface area contributed by atoms with Gasteiger partial charge < -0.3 is 15.4 Å². The third-order valence-corrected chi connectivity index (χ3v) is 3.07. The second-order valence-electron chi connectivity index (χ2n) is 5.65. The van der Waals surface area contributed by atoms with Crippen molar-refractivity contribution in [2.45, 2.75) is 38.8 Å². The highest BCUT2D eigenvalue weighted by atomic mass is 35.5. The minimum atomic E-state index is -0.486. The Balaban J connectivity index is 2.09. The van der Waals surface area contributed by atoms with Gasteiger partial charge in [-0.3, -0.25) is 0 Å². The summed E-state index contributed by atoms with van der Waals surface area (Å²) in [5, 5.41) is 6.87. The van der Waals surface area contributed by atoms with Crippen LogP contribution >= 0.6 is 11.6 Å². The molecule has 2 rings (SSSR count). The zero-order chi connectivity index (χ0) is 14.0. The van der Waals surface area contributed by atoms with E-state index in [0.717, 1.165) is 24.2 Å². The Morgan fingerprint density at radius 3 is 2.89 bits per heavy atom. The number of nitrogens with one attached hydrogen (secondary N) is 2. The van der Waals surface area contributed by atoms with Crippen molar-refractivity contribution in [3.05, 3.63) is 28.8 Å². The van der Waals surface area contributed by atoms with Crippen molar-refractivity contribution in [2.24, 2.45) is 0 Å². The molecular formula is C14H19ClN2O2. The van der Waals surface area contributed by atoms with Crippen LogP contribution in [-0.2, 0) is 4.74 Å². The van der Waals surface area contributed by atoms with Crippen LogP contribution in [-0.4, -0.2) is 18.2 Å². The molecule has 104 valence electrons. The molecule has 19 heavy (non-hydrogen) atoms. The van der Waals surface area contributed by atoms with E-state index in [0.29, 0.717) is 5.02 Å². The molecule has 0 bridgehead atoms. The molecule has 5 heteroatoms. The zero-order valence-electron chi connectivity index (χ0n) is 11.4. The Hall–Kier alpha value is -1.42. The molecular weight excluding hydrogens is 264 g/mol. The predicted octanol–water partition coefficient (Wildman–Crippen LogP) is 3.72. The number of hydrogen-bond donors (Lipinski definition) is 2. The van der Waals surface area contributed by atoms with Crippen molar-refractivity contribution >= 4 is 23.4 Å². The normalized spacial score (nSPS) is 18.2. The lowest BCUT2D eigenvalue weighted by Crippen LogP contribution is -2.37. The summed E-state index contributed by atoms with van der Waals surface area (Å²) in [5.41, 5.74) is 1.53. The van der Waals surface area contributed by atoms with Crippen LogP contribution in [0.25, 0.3) is 0 Å². The Kier molecular flexibility index (Phi) is 3.90. The van der Waals surface area contributed by atoms with E-state index >= 15 is 0 Å². The summed E-state index contributed by atoms with van der Waals surface area (Å²) in [7, 11) is 0. The number of alkyl carbamates (subject to hydrolysis) is 1. The van der Waals surface area contributed by atoms with E-state index < -0.39 is 5.60 Å². The first-order valence-electron chi connectivity index (χ1n) is 6.38. The van der Waals surface area contributed by atoms with Gasteiger partial charge in [0.15, 0.2) is 0 Å². The molecule has 2 N–H and O–H groups in total. The highest BCUT2D eigenvalue weighted by molar-refractivity contribution is 6.30. The molecule has 0 radical (unpaired) electrons. The Morgan fingerprint density at radius 2 is 2.21 bits per heavy atom. The minimum absolute atomic E-state index is 0.0385. The molecule has 1 heterocycles. The van der Waals surface area contributed by atoms with Crippen molar-refractivity contribution in [1.29, 1.82) is 0 Å².